The standard InChI is InChI=1S/C25H21N5O9S2.2Na/c1-39-18-7-2-15(3-8-18)26-20-11-6-17(14-23(20)41(36,37)38)28-29-21-12-13-22(31)24(25(21)32)30-27-16-4-9-19(10-5-16)40(33,34)35;;/h2-14,26,31-32H,1H3,(H,33,34,35)(H,36,37,38);;/q;2*+1/p-2. The zero-order chi connectivity index (χ0) is 29.8. The number of benzene rings is 4. The molecule has 4 aromatic carbocycles. The summed E-state index contributed by atoms with van der Waals surface area (Å²) in [6.07, 6.45) is 0. The SMILES string of the molecule is COc1ccc(Nc2ccc(N=Nc3ccc([O-])c(N=Nc4ccc(S(=O)(=O)O)cc4)c3[O-])cc2S(=O)(=O)O)cc1.[Na+].[Na+]. The topological polar surface area (TPSA) is 226 Å². The molecule has 0 saturated carbocycles. The average molecular weight is 644 g/mol. The Balaban J connectivity index is 0.00000323. The van der Waals surface area contributed by atoms with E-state index in [9.17, 15) is 31.6 Å². The van der Waals surface area contributed by atoms with Crippen molar-refractivity contribution in [2.24, 2.45) is 20.5 Å². The molecule has 0 bridgehead atoms. The molecule has 0 amide bonds. The van der Waals surface area contributed by atoms with Crippen LogP contribution in [0.15, 0.2) is 109 Å². The summed E-state index contributed by atoms with van der Waals surface area (Å²) < 4.78 is 70.2. The summed E-state index contributed by atoms with van der Waals surface area (Å²) in [5.74, 6) is -1.11. The summed E-state index contributed by atoms with van der Waals surface area (Å²) >= 11 is 0. The number of azo groups is 2. The van der Waals surface area contributed by atoms with Crippen LogP contribution in [0, 0.1) is 0 Å². The van der Waals surface area contributed by atoms with E-state index >= 15 is 0 Å². The maximum absolute atomic E-state index is 12.8. The zero-order valence-electron chi connectivity index (χ0n) is 22.9. The van der Waals surface area contributed by atoms with Crippen LogP contribution in [0.1, 0.15) is 0 Å². The molecular formula is C25H19N5Na2O9S2. The van der Waals surface area contributed by atoms with Gasteiger partial charge in [0.15, 0.2) is 0 Å². The molecule has 3 N–H and O–H groups in total. The molecule has 0 saturated heterocycles. The summed E-state index contributed by atoms with van der Waals surface area (Å²) in [5, 5.41) is 42.9. The number of rotatable bonds is 9. The van der Waals surface area contributed by atoms with E-state index in [1.165, 1.54) is 31.4 Å². The van der Waals surface area contributed by atoms with E-state index in [1.807, 2.05) is 0 Å². The number of anilines is 2. The van der Waals surface area contributed by atoms with E-state index in [2.05, 4.69) is 25.8 Å². The molecule has 0 aliphatic rings. The minimum atomic E-state index is -4.70. The smallest absolute Gasteiger partial charge is 0.871 e. The monoisotopic (exact) mass is 643 g/mol. The first-order valence-electron chi connectivity index (χ1n) is 11.3. The second kappa shape index (κ2) is 15.2. The molecule has 18 heteroatoms. The van der Waals surface area contributed by atoms with Crippen LogP contribution in [0.4, 0.5) is 34.1 Å². The number of nitrogens with zero attached hydrogens (tertiary/aromatic N) is 4. The van der Waals surface area contributed by atoms with Gasteiger partial charge in [-0.3, -0.25) is 9.11 Å². The number of nitrogens with one attached hydrogen (secondary N) is 1. The van der Waals surface area contributed by atoms with Crippen LogP contribution in [-0.2, 0) is 20.2 Å². The molecule has 0 heterocycles. The van der Waals surface area contributed by atoms with Crippen LogP contribution in [0.3, 0.4) is 0 Å². The van der Waals surface area contributed by atoms with Gasteiger partial charge in [-0.25, -0.2) is 0 Å². The van der Waals surface area contributed by atoms with Crippen LogP contribution >= 0.6 is 0 Å². The second-order valence-corrected chi connectivity index (χ2v) is 11.0. The first-order chi connectivity index (χ1) is 19.3. The van der Waals surface area contributed by atoms with Gasteiger partial charge in [0.1, 0.15) is 10.6 Å². The molecule has 0 fully saturated rings. The third kappa shape index (κ3) is 9.54. The third-order valence-electron chi connectivity index (χ3n) is 5.36. The van der Waals surface area contributed by atoms with Gasteiger partial charge in [0.25, 0.3) is 20.2 Å². The van der Waals surface area contributed by atoms with Crippen molar-refractivity contribution >= 4 is 54.4 Å². The van der Waals surface area contributed by atoms with E-state index in [0.29, 0.717) is 11.4 Å². The first kappa shape index (κ1) is 36.3. The van der Waals surface area contributed by atoms with Gasteiger partial charge in [0, 0.05) is 5.69 Å². The second-order valence-electron chi connectivity index (χ2n) is 8.14. The minimum absolute atomic E-state index is 0. The minimum Gasteiger partial charge on any atom is -0.871 e. The molecule has 43 heavy (non-hydrogen) atoms. The van der Waals surface area contributed by atoms with Crippen molar-refractivity contribution in [2.45, 2.75) is 9.79 Å². The van der Waals surface area contributed by atoms with Crippen LogP contribution in [0.2, 0.25) is 0 Å². The summed E-state index contributed by atoms with van der Waals surface area (Å²) in [6.45, 7) is 0. The number of ether oxygens (including phenoxy) is 1. The fourth-order valence-electron chi connectivity index (χ4n) is 3.34. The van der Waals surface area contributed by atoms with Gasteiger partial charge in [0.2, 0.25) is 0 Å². The molecule has 0 radical (unpaired) electrons. The average Bonchev–Trinajstić information content (AvgIpc) is 2.93. The molecule has 14 nitrogen and oxygen atoms in total. The quantitative estimate of drug-likeness (QED) is 0.114. The first-order valence-corrected chi connectivity index (χ1v) is 14.2. The van der Waals surface area contributed by atoms with Crippen LogP contribution in [0.5, 0.6) is 17.2 Å². The Bertz CT molecular complexity index is 1870. The van der Waals surface area contributed by atoms with Gasteiger partial charge in [0.05, 0.1) is 40.4 Å². The zero-order valence-corrected chi connectivity index (χ0v) is 28.5. The Morgan fingerprint density at radius 2 is 1.33 bits per heavy atom. The van der Waals surface area contributed by atoms with E-state index < -0.39 is 42.3 Å². The maximum atomic E-state index is 12.8. The molecule has 4 aromatic rings. The Kier molecular flexibility index (Phi) is 12.8. The fourth-order valence-corrected chi connectivity index (χ4v) is 4.49. The number of hydrogen-bond acceptors (Lipinski definition) is 12. The van der Waals surface area contributed by atoms with Crippen molar-refractivity contribution in [1.82, 2.24) is 0 Å². The van der Waals surface area contributed by atoms with Crippen molar-refractivity contribution in [3.8, 4) is 17.2 Å². The van der Waals surface area contributed by atoms with E-state index in [1.54, 1.807) is 24.3 Å². The Morgan fingerprint density at radius 1 is 0.721 bits per heavy atom. The van der Waals surface area contributed by atoms with Crippen molar-refractivity contribution < 1.29 is 100 Å². The van der Waals surface area contributed by atoms with Crippen molar-refractivity contribution in [2.75, 3.05) is 12.4 Å². The Hall–Kier alpha value is -2.90. The van der Waals surface area contributed by atoms with Gasteiger partial charge >= 0.3 is 59.1 Å². The summed E-state index contributed by atoms with van der Waals surface area (Å²) in [4.78, 5) is -0.883. The predicted molar refractivity (Wildman–Crippen MR) is 142 cm³/mol. The molecule has 0 aliphatic carbocycles. The van der Waals surface area contributed by atoms with Gasteiger partial charge in [-0.15, -0.1) is 0 Å². The van der Waals surface area contributed by atoms with Gasteiger partial charge < -0.3 is 20.3 Å². The summed E-state index contributed by atoms with van der Waals surface area (Å²) in [6, 6.07) is 17.0. The van der Waals surface area contributed by atoms with E-state index in [-0.39, 0.29) is 86.8 Å². The van der Waals surface area contributed by atoms with Gasteiger partial charge in [-0.05, 0) is 72.8 Å². The molecule has 0 aromatic heterocycles. The van der Waals surface area contributed by atoms with E-state index in [0.717, 1.165) is 30.3 Å². The summed E-state index contributed by atoms with van der Waals surface area (Å²) in [7, 11) is -7.62. The third-order valence-corrected chi connectivity index (χ3v) is 7.12. The molecule has 0 unspecified atom stereocenters. The van der Waals surface area contributed by atoms with Crippen molar-refractivity contribution in [3.05, 3.63) is 78.9 Å². The maximum Gasteiger partial charge on any atom is 1.00 e. The number of methoxy groups -OCH3 is 1. The molecule has 4 rings (SSSR count). The van der Waals surface area contributed by atoms with E-state index in [4.69, 9.17) is 9.29 Å². The molecule has 0 aliphatic heterocycles. The Morgan fingerprint density at radius 3 is 1.91 bits per heavy atom. The summed E-state index contributed by atoms with van der Waals surface area (Å²) in [5.41, 5.74) is -0.305. The predicted octanol–water partition coefficient (Wildman–Crippen LogP) is -1.08. The van der Waals surface area contributed by atoms with Crippen LogP contribution in [-0.4, -0.2) is 33.1 Å². The largest absolute Gasteiger partial charge is 1.00 e. The molecule has 212 valence electrons. The molecular weight excluding hydrogens is 624 g/mol. The van der Waals surface area contributed by atoms with Crippen LogP contribution < -0.4 is 79.4 Å². The molecule has 0 spiro atoms. The normalized spacial score (nSPS) is 11.6. The molecule has 0 atom stereocenters. The number of hydrogen-bond donors (Lipinski definition) is 3. The fraction of sp³-hybridized carbons (Fsp3) is 0.0400. The van der Waals surface area contributed by atoms with Gasteiger partial charge in [-0.1, -0.05) is 17.6 Å². The Labute approximate surface area is 290 Å². The van der Waals surface area contributed by atoms with Crippen molar-refractivity contribution in [3.63, 3.8) is 0 Å². The van der Waals surface area contributed by atoms with Crippen molar-refractivity contribution in [1.29, 1.82) is 0 Å². The van der Waals surface area contributed by atoms with Crippen LogP contribution in [0.25, 0.3) is 0 Å². The van der Waals surface area contributed by atoms with Gasteiger partial charge in [-0.2, -0.15) is 37.3 Å².